The zero-order chi connectivity index (χ0) is 21.1. The van der Waals surface area contributed by atoms with Gasteiger partial charge in [-0.25, -0.2) is 9.97 Å². The molecule has 3 aromatic rings. The lowest BCUT2D eigenvalue weighted by atomic mass is 9.94. The second kappa shape index (κ2) is 8.74. The van der Waals surface area contributed by atoms with Gasteiger partial charge in [0.05, 0.1) is 17.6 Å². The molecule has 1 aliphatic rings. The summed E-state index contributed by atoms with van der Waals surface area (Å²) < 4.78 is 1.72. The molecule has 9 heteroatoms. The van der Waals surface area contributed by atoms with Gasteiger partial charge >= 0.3 is 0 Å². The summed E-state index contributed by atoms with van der Waals surface area (Å²) in [7, 11) is 1.86. The highest BCUT2D eigenvalue weighted by molar-refractivity contribution is 7.15. The van der Waals surface area contributed by atoms with Crippen molar-refractivity contribution in [3.63, 3.8) is 0 Å². The number of nitrogens with one attached hydrogen (secondary N) is 1. The lowest BCUT2D eigenvalue weighted by Gasteiger charge is -2.32. The van der Waals surface area contributed by atoms with Crippen molar-refractivity contribution in [1.82, 2.24) is 29.6 Å². The van der Waals surface area contributed by atoms with Crippen LogP contribution < -0.4 is 5.32 Å². The quantitative estimate of drug-likeness (QED) is 0.633. The third-order valence-corrected chi connectivity index (χ3v) is 6.23. The molecule has 0 spiro atoms. The third-order valence-electron chi connectivity index (χ3n) is 5.24. The van der Waals surface area contributed by atoms with Gasteiger partial charge in [0.15, 0.2) is 10.9 Å². The van der Waals surface area contributed by atoms with Crippen LogP contribution in [0.5, 0.6) is 0 Å². The summed E-state index contributed by atoms with van der Waals surface area (Å²) in [5, 5.41) is 8.27. The Morgan fingerprint density at radius 2 is 2.13 bits per heavy atom. The van der Waals surface area contributed by atoms with E-state index in [-0.39, 0.29) is 11.8 Å². The van der Waals surface area contributed by atoms with Crippen LogP contribution in [-0.2, 0) is 11.8 Å². The van der Waals surface area contributed by atoms with E-state index in [1.807, 2.05) is 25.1 Å². The van der Waals surface area contributed by atoms with Crippen LogP contribution >= 0.6 is 11.3 Å². The Labute approximate surface area is 179 Å². The molecule has 30 heavy (non-hydrogen) atoms. The van der Waals surface area contributed by atoms with E-state index in [1.54, 1.807) is 46.8 Å². The predicted octanol–water partition coefficient (Wildman–Crippen LogP) is 3.45. The van der Waals surface area contributed by atoms with E-state index in [2.05, 4.69) is 32.3 Å². The molecule has 1 amide bonds. The average Bonchev–Trinajstić information content (AvgIpc) is 3.31. The zero-order valence-corrected chi connectivity index (χ0v) is 18.2. The highest BCUT2D eigenvalue weighted by Gasteiger charge is 2.27. The van der Waals surface area contributed by atoms with Crippen LogP contribution in [0.25, 0.3) is 6.08 Å². The van der Waals surface area contributed by atoms with Crippen LogP contribution in [0.3, 0.4) is 0 Å². The van der Waals surface area contributed by atoms with Gasteiger partial charge in [0.1, 0.15) is 0 Å². The first-order chi connectivity index (χ1) is 14.5. The van der Waals surface area contributed by atoms with Gasteiger partial charge in [0, 0.05) is 61.2 Å². The van der Waals surface area contributed by atoms with Crippen molar-refractivity contribution in [3.8, 4) is 0 Å². The maximum Gasteiger partial charge on any atom is 0.246 e. The summed E-state index contributed by atoms with van der Waals surface area (Å²) in [6, 6.07) is 0. The monoisotopic (exact) mass is 423 g/mol. The van der Waals surface area contributed by atoms with E-state index in [9.17, 15) is 4.79 Å². The first kappa shape index (κ1) is 20.2. The number of amides is 1. The molecule has 0 bridgehead atoms. The lowest BCUT2D eigenvalue weighted by Crippen LogP contribution is -2.38. The van der Waals surface area contributed by atoms with E-state index in [0.29, 0.717) is 6.54 Å². The van der Waals surface area contributed by atoms with Crippen LogP contribution in [0.15, 0.2) is 30.9 Å². The van der Waals surface area contributed by atoms with Gasteiger partial charge in [0.2, 0.25) is 5.91 Å². The van der Waals surface area contributed by atoms with Crippen molar-refractivity contribution in [1.29, 1.82) is 0 Å². The van der Waals surface area contributed by atoms with Crippen molar-refractivity contribution >= 4 is 34.3 Å². The molecule has 3 aromatic heterocycles. The topological polar surface area (TPSA) is 88.8 Å². The number of aromatic nitrogens is 5. The number of rotatable bonds is 5. The fourth-order valence-electron chi connectivity index (χ4n) is 3.57. The summed E-state index contributed by atoms with van der Waals surface area (Å²) in [6.07, 6.45) is 12.3. The molecule has 0 radical (unpaired) electrons. The summed E-state index contributed by atoms with van der Waals surface area (Å²) in [6.45, 7) is 5.43. The van der Waals surface area contributed by atoms with Gasteiger partial charge in [-0.2, -0.15) is 5.10 Å². The highest BCUT2D eigenvalue weighted by Crippen LogP contribution is 2.32. The molecule has 0 saturated carbocycles. The lowest BCUT2D eigenvalue weighted by molar-refractivity contribution is -0.127. The molecule has 0 aliphatic carbocycles. The Bertz CT molecular complexity index is 1050. The molecule has 1 N–H and O–H groups in total. The van der Waals surface area contributed by atoms with Crippen LogP contribution in [-0.4, -0.2) is 48.6 Å². The smallest absolute Gasteiger partial charge is 0.246 e. The van der Waals surface area contributed by atoms with Gasteiger partial charge in [-0.1, -0.05) is 0 Å². The maximum atomic E-state index is 12.7. The summed E-state index contributed by atoms with van der Waals surface area (Å²) in [4.78, 5) is 29.4. The SMILES string of the molecule is Cc1nc(Nc2nccnc2C2CCCN(C(=O)/C=C/c3cnn(C)c3)C2)sc1C. The number of carbonyl (C=O) groups is 1. The number of nitrogens with zero attached hydrogens (tertiary/aromatic N) is 6. The van der Waals surface area contributed by atoms with Crippen LogP contribution in [0, 0.1) is 13.8 Å². The molecule has 8 nitrogen and oxygen atoms in total. The van der Waals surface area contributed by atoms with Gasteiger partial charge in [0.25, 0.3) is 0 Å². The van der Waals surface area contributed by atoms with E-state index in [1.165, 1.54) is 4.88 Å². The van der Waals surface area contributed by atoms with Crippen molar-refractivity contribution in [2.75, 3.05) is 18.4 Å². The molecule has 1 atom stereocenters. The van der Waals surface area contributed by atoms with Crippen molar-refractivity contribution in [2.45, 2.75) is 32.6 Å². The number of thiazole rings is 1. The molecule has 0 aromatic carbocycles. The van der Waals surface area contributed by atoms with E-state index in [4.69, 9.17) is 0 Å². The second-order valence-electron chi connectivity index (χ2n) is 7.48. The first-order valence-electron chi connectivity index (χ1n) is 9.97. The fourth-order valence-corrected chi connectivity index (χ4v) is 4.38. The molecule has 4 heterocycles. The summed E-state index contributed by atoms with van der Waals surface area (Å²) in [5.41, 5.74) is 2.81. The Morgan fingerprint density at radius 3 is 2.87 bits per heavy atom. The van der Waals surface area contributed by atoms with Crippen LogP contribution in [0.2, 0.25) is 0 Å². The first-order valence-corrected chi connectivity index (χ1v) is 10.8. The number of carbonyl (C=O) groups excluding carboxylic acids is 1. The predicted molar refractivity (Wildman–Crippen MR) is 118 cm³/mol. The molecule has 1 fully saturated rings. The molecule has 1 aliphatic heterocycles. The summed E-state index contributed by atoms with van der Waals surface area (Å²) >= 11 is 1.61. The largest absolute Gasteiger partial charge is 0.338 e. The Balaban J connectivity index is 1.48. The van der Waals surface area contributed by atoms with Gasteiger partial charge in [-0.05, 0) is 32.8 Å². The van der Waals surface area contributed by atoms with E-state index < -0.39 is 0 Å². The second-order valence-corrected chi connectivity index (χ2v) is 8.68. The van der Waals surface area contributed by atoms with Crippen molar-refractivity contribution in [2.24, 2.45) is 7.05 Å². The van der Waals surface area contributed by atoms with Gasteiger partial charge in [-0.15, -0.1) is 11.3 Å². The van der Waals surface area contributed by atoms with Crippen molar-refractivity contribution in [3.05, 3.63) is 52.7 Å². The van der Waals surface area contributed by atoms with E-state index >= 15 is 0 Å². The maximum absolute atomic E-state index is 12.7. The highest BCUT2D eigenvalue weighted by atomic mass is 32.1. The summed E-state index contributed by atoms with van der Waals surface area (Å²) in [5.74, 6) is 0.859. The molecule has 156 valence electrons. The molecule has 4 rings (SSSR count). The number of piperidine rings is 1. The number of hydrogen-bond acceptors (Lipinski definition) is 7. The van der Waals surface area contributed by atoms with Gasteiger partial charge in [-0.3, -0.25) is 14.5 Å². The van der Waals surface area contributed by atoms with E-state index in [0.717, 1.165) is 47.3 Å². The third kappa shape index (κ3) is 4.56. The number of hydrogen-bond donors (Lipinski definition) is 1. The fraction of sp³-hybridized carbons (Fsp3) is 0.381. The minimum atomic E-state index is 0.00752. The molecule has 1 unspecified atom stereocenters. The molecule has 1 saturated heterocycles. The minimum Gasteiger partial charge on any atom is -0.338 e. The number of aryl methyl sites for hydroxylation is 3. The average molecular weight is 424 g/mol. The Kier molecular flexibility index (Phi) is 5.89. The van der Waals surface area contributed by atoms with Gasteiger partial charge < -0.3 is 10.2 Å². The standard InChI is InChI=1S/C21H25N7OS/c1-14-15(2)30-21(25-14)26-20-19(22-8-9-23-20)17-5-4-10-28(13-17)18(29)7-6-16-11-24-27(3)12-16/h6-9,11-12,17H,4-5,10,13H2,1-3H3,(H,23,25,26)/b7-6+. The number of likely N-dealkylation sites (tertiary alicyclic amines) is 1. The van der Waals surface area contributed by atoms with Crippen LogP contribution in [0.4, 0.5) is 10.9 Å². The normalized spacial score (nSPS) is 16.9. The zero-order valence-electron chi connectivity index (χ0n) is 17.4. The Morgan fingerprint density at radius 1 is 1.30 bits per heavy atom. The minimum absolute atomic E-state index is 0.00752. The molecular weight excluding hydrogens is 398 g/mol. The Hall–Kier alpha value is -3.07. The molecular formula is C21H25N7OS. The van der Waals surface area contributed by atoms with Crippen molar-refractivity contribution < 1.29 is 4.79 Å². The number of anilines is 2. The van der Waals surface area contributed by atoms with Crippen LogP contribution in [0.1, 0.15) is 40.6 Å².